The van der Waals surface area contributed by atoms with E-state index in [0.29, 0.717) is 6.04 Å². The molecule has 1 aromatic carbocycles. The molecular formula is C20H22ClFN4O2. The predicted molar refractivity (Wildman–Crippen MR) is 101 cm³/mol. The van der Waals surface area contributed by atoms with E-state index in [1.54, 1.807) is 6.07 Å². The van der Waals surface area contributed by atoms with E-state index in [0.717, 1.165) is 30.9 Å². The van der Waals surface area contributed by atoms with Crippen LogP contribution in [0.5, 0.6) is 5.75 Å². The van der Waals surface area contributed by atoms with Crippen molar-refractivity contribution >= 4 is 17.5 Å². The Bertz CT molecular complexity index is 920. The fourth-order valence-corrected chi connectivity index (χ4v) is 5.13. The average molecular weight is 405 g/mol. The third kappa shape index (κ3) is 2.87. The number of carbonyl (C=O) groups excluding carboxylic acids is 1. The minimum atomic E-state index is -0.564. The van der Waals surface area contributed by atoms with E-state index in [2.05, 4.69) is 28.7 Å². The number of amides is 1. The highest BCUT2D eigenvalue weighted by molar-refractivity contribution is 6.30. The molecule has 28 heavy (non-hydrogen) atoms. The summed E-state index contributed by atoms with van der Waals surface area (Å²) in [6.45, 7) is 2.11. The van der Waals surface area contributed by atoms with Crippen molar-refractivity contribution in [1.82, 2.24) is 20.3 Å². The number of aromatic nitrogens is 3. The first-order valence-electron chi connectivity index (χ1n) is 9.68. The van der Waals surface area contributed by atoms with Crippen molar-refractivity contribution in [2.75, 3.05) is 6.61 Å². The molecule has 4 aliphatic rings. The van der Waals surface area contributed by atoms with Gasteiger partial charge in [-0.1, -0.05) is 23.7 Å². The maximum absolute atomic E-state index is 13.4. The number of benzene rings is 1. The van der Waals surface area contributed by atoms with Crippen LogP contribution in [0, 0.1) is 11.7 Å². The van der Waals surface area contributed by atoms with E-state index < -0.39 is 5.82 Å². The molecule has 0 spiro atoms. The van der Waals surface area contributed by atoms with Crippen LogP contribution >= 0.6 is 11.6 Å². The minimum Gasteiger partial charge on any atom is -0.484 e. The Morgan fingerprint density at radius 2 is 2.14 bits per heavy atom. The van der Waals surface area contributed by atoms with Crippen LogP contribution in [0.3, 0.4) is 0 Å². The number of halogens is 2. The molecule has 4 aliphatic carbocycles. The molecule has 8 heteroatoms. The van der Waals surface area contributed by atoms with E-state index >= 15 is 0 Å². The molecule has 6 rings (SSSR count). The molecule has 0 unspecified atom stereocenters. The quantitative estimate of drug-likeness (QED) is 0.801. The fourth-order valence-electron chi connectivity index (χ4n) is 5.01. The Hall–Kier alpha value is -2.15. The predicted octanol–water partition coefficient (Wildman–Crippen LogP) is 3.41. The van der Waals surface area contributed by atoms with Gasteiger partial charge in [-0.25, -0.2) is 9.07 Å². The van der Waals surface area contributed by atoms with Gasteiger partial charge in [0.25, 0.3) is 5.91 Å². The molecule has 2 aromatic rings. The second-order valence-electron chi connectivity index (χ2n) is 8.82. The zero-order valence-corrected chi connectivity index (χ0v) is 16.4. The largest absolute Gasteiger partial charge is 0.484 e. The van der Waals surface area contributed by atoms with E-state index in [4.69, 9.17) is 16.3 Å². The number of ether oxygens (including phenoxy) is 1. The third-order valence-electron chi connectivity index (χ3n) is 6.47. The SMILES string of the molecule is C[C@H]1C[C@H](n2cc(C34CC(NC(=O)COc5ccc(Cl)c(F)c5)(C3)C4)nn2)C1. The highest BCUT2D eigenvalue weighted by Crippen LogP contribution is 2.67. The van der Waals surface area contributed by atoms with Crippen LogP contribution in [-0.4, -0.2) is 33.0 Å². The van der Waals surface area contributed by atoms with Crippen molar-refractivity contribution in [3.05, 3.63) is 40.9 Å². The van der Waals surface area contributed by atoms with Gasteiger partial charge < -0.3 is 10.1 Å². The van der Waals surface area contributed by atoms with Gasteiger partial charge >= 0.3 is 0 Å². The Labute approximate surface area is 167 Å². The summed E-state index contributed by atoms with van der Waals surface area (Å²) in [5.74, 6) is 0.298. The third-order valence-corrected chi connectivity index (χ3v) is 6.78. The molecule has 6 nitrogen and oxygen atoms in total. The van der Waals surface area contributed by atoms with Crippen molar-refractivity contribution < 1.29 is 13.9 Å². The van der Waals surface area contributed by atoms with Crippen LogP contribution in [0.4, 0.5) is 4.39 Å². The van der Waals surface area contributed by atoms with E-state index in [9.17, 15) is 9.18 Å². The van der Waals surface area contributed by atoms with Gasteiger partial charge in [-0.15, -0.1) is 5.10 Å². The van der Waals surface area contributed by atoms with Crippen LogP contribution in [-0.2, 0) is 10.2 Å². The highest BCUT2D eigenvalue weighted by Gasteiger charge is 2.70. The molecule has 2 bridgehead atoms. The van der Waals surface area contributed by atoms with Gasteiger partial charge in [-0.3, -0.25) is 4.79 Å². The van der Waals surface area contributed by atoms with Crippen LogP contribution < -0.4 is 10.1 Å². The number of carbonyl (C=O) groups is 1. The van der Waals surface area contributed by atoms with Gasteiger partial charge in [0, 0.05) is 23.2 Å². The molecule has 4 saturated carbocycles. The van der Waals surface area contributed by atoms with Gasteiger partial charge in [0.1, 0.15) is 11.6 Å². The topological polar surface area (TPSA) is 69.0 Å². The van der Waals surface area contributed by atoms with Gasteiger partial charge in [0.05, 0.1) is 16.8 Å². The summed E-state index contributed by atoms with van der Waals surface area (Å²) in [6.07, 6.45) is 7.11. The standard InChI is InChI=1S/C20H22ClFN4O2/c1-12-4-13(5-12)26-7-17(24-25-26)19-9-20(10-19,11-19)23-18(27)8-28-14-2-3-15(21)16(22)6-14/h2-3,6-7,12-13H,4-5,8-11H2,1H3,(H,23,27)/t12-,13-,19?,20?. The summed E-state index contributed by atoms with van der Waals surface area (Å²) in [4.78, 5) is 12.2. The maximum atomic E-state index is 13.4. The van der Waals surface area contributed by atoms with Crippen LogP contribution in [0.25, 0.3) is 0 Å². The molecule has 4 fully saturated rings. The number of rotatable bonds is 6. The van der Waals surface area contributed by atoms with Crippen molar-refractivity contribution in [1.29, 1.82) is 0 Å². The molecule has 0 atom stereocenters. The van der Waals surface area contributed by atoms with Gasteiger partial charge in [-0.2, -0.15) is 0 Å². The van der Waals surface area contributed by atoms with E-state index in [1.807, 2.05) is 4.68 Å². The first-order valence-corrected chi connectivity index (χ1v) is 10.1. The lowest BCUT2D eigenvalue weighted by Gasteiger charge is -2.69. The number of nitrogens with zero attached hydrogens (tertiary/aromatic N) is 3. The Morgan fingerprint density at radius 3 is 2.82 bits per heavy atom. The monoisotopic (exact) mass is 404 g/mol. The lowest BCUT2D eigenvalue weighted by atomic mass is 9.38. The first-order chi connectivity index (χ1) is 13.4. The molecule has 0 saturated heterocycles. The molecule has 1 N–H and O–H groups in total. The van der Waals surface area contributed by atoms with E-state index in [-0.39, 0.29) is 34.2 Å². The van der Waals surface area contributed by atoms with Crippen LogP contribution in [0.1, 0.15) is 50.8 Å². The van der Waals surface area contributed by atoms with Gasteiger partial charge in [-0.05, 0) is 50.2 Å². The van der Waals surface area contributed by atoms with Crippen molar-refractivity contribution in [3.8, 4) is 5.75 Å². The summed E-state index contributed by atoms with van der Waals surface area (Å²) in [5, 5.41) is 11.8. The summed E-state index contributed by atoms with van der Waals surface area (Å²) < 4.78 is 20.8. The van der Waals surface area contributed by atoms with Gasteiger partial charge in [0.2, 0.25) is 0 Å². The smallest absolute Gasteiger partial charge is 0.258 e. The molecule has 1 aromatic heterocycles. The Balaban J connectivity index is 1.12. The molecule has 148 valence electrons. The second-order valence-corrected chi connectivity index (χ2v) is 9.23. The number of hydrogen-bond donors (Lipinski definition) is 1. The average Bonchev–Trinajstić information content (AvgIpc) is 3.04. The fraction of sp³-hybridized carbons (Fsp3) is 0.550. The normalized spacial score (nSPS) is 32.7. The molecular weight excluding hydrogens is 383 g/mol. The number of hydrogen-bond acceptors (Lipinski definition) is 4. The lowest BCUT2D eigenvalue weighted by molar-refractivity contribution is -0.140. The van der Waals surface area contributed by atoms with E-state index in [1.165, 1.54) is 25.0 Å². The Morgan fingerprint density at radius 1 is 1.39 bits per heavy atom. The van der Waals surface area contributed by atoms with Crippen molar-refractivity contribution in [2.45, 2.75) is 56.0 Å². The molecule has 1 heterocycles. The summed E-state index contributed by atoms with van der Waals surface area (Å²) in [7, 11) is 0. The summed E-state index contributed by atoms with van der Waals surface area (Å²) in [6, 6.07) is 4.62. The first kappa shape index (κ1) is 17.9. The second kappa shape index (κ2) is 6.17. The molecule has 1 amide bonds. The molecule has 0 aliphatic heterocycles. The maximum Gasteiger partial charge on any atom is 0.258 e. The lowest BCUT2D eigenvalue weighted by Crippen LogP contribution is -2.77. The number of nitrogens with one attached hydrogen (secondary N) is 1. The van der Waals surface area contributed by atoms with Crippen molar-refractivity contribution in [3.63, 3.8) is 0 Å². The van der Waals surface area contributed by atoms with Crippen LogP contribution in [0.2, 0.25) is 5.02 Å². The summed E-state index contributed by atoms with van der Waals surface area (Å²) >= 11 is 5.64. The van der Waals surface area contributed by atoms with Crippen LogP contribution in [0.15, 0.2) is 24.4 Å². The highest BCUT2D eigenvalue weighted by atomic mass is 35.5. The van der Waals surface area contributed by atoms with Crippen molar-refractivity contribution in [2.24, 2.45) is 5.92 Å². The Kier molecular flexibility index (Phi) is 3.95. The molecule has 0 radical (unpaired) electrons. The summed E-state index contributed by atoms with van der Waals surface area (Å²) in [5.41, 5.74) is 0.970. The van der Waals surface area contributed by atoms with Gasteiger partial charge in [0.15, 0.2) is 6.61 Å². The zero-order chi connectivity index (χ0) is 19.5. The zero-order valence-electron chi connectivity index (χ0n) is 15.6. The minimum absolute atomic E-state index is 0.0275.